The number of aliphatic carboxylic acids is 1. The number of carboxylic acids is 1. The molecule has 1 fully saturated rings. The summed E-state index contributed by atoms with van der Waals surface area (Å²) in [5, 5.41) is 12.4. The maximum Gasteiger partial charge on any atom is 0.310 e. The highest BCUT2D eigenvalue weighted by atomic mass is 16.4. The molecule has 1 aliphatic rings. The van der Waals surface area contributed by atoms with Crippen molar-refractivity contribution in [1.29, 1.82) is 0 Å². The molecule has 1 saturated carbocycles. The number of carboxylic acid groups (broad SMARTS) is 1. The topological polar surface area (TPSA) is 66.4 Å². The van der Waals surface area contributed by atoms with Crippen molar-refractivity contribution in [2.45, 2.75) is 72.3 Å². The van der Waals surface area contributed by atoms with Crippen molar-refractivity contribution in [1.82, 2.24) is 5.32 Å². The molecule has 1 unspecified atom stereocenters. The van der Waals surface area contributed by atoms with E-state index in [2.05, 4.69) is 26.1 Å². The molecule has 1 rings (SSSR count). The minimum Gasteiger partial charge on any atom is -0.481 e. The molecule has 1 aliphatic carbocycles. The maximum absolute atomic E-state index is 12.1. The Kier molecular flexibility index (Phi) is 4.99. The zero-order valence-electron chi connectivity index (χ0n) is 12.6. The summed E-state index contributed by atoms with van der Waals surface area (Å²) in [5.41, 5.74) is -0.849. The number of hydrogen-bond acceptors (Lipinski definition) is 2. The fourth-order valence-corrected chi connectivity index (χ4v) is 2.51. The van der Waals surface area contributed by atoms with Crippen LogP contribution in [0.3, 0.4) is 0 Å². The fourth-order valence-electron chi connectivity index (χ4n) is 2.51. The first-order chi connectivity index (χ1) is 8.67. The molecule has 0 spiro atoms. The Hall–Kier alpha value is -1.06. The van der Waals surface area contributed by atoms with Gasteiger partial charge >= 0.3 is 5.97 Å². The zero-order chi connectivity index (χ0) is 14.7. The van der Waals surface area contributed by atoms with Crippen molar-refractivity contribution >= 4 is 11.9 Å². The van der Waals surface area contributed by atoms with Gasteiger partial charge in [-0.25, -0.2) is 0 Å². The summed E-state index contributed by atoms with van der Waals surface area (Å²) in [5.74, 6) is -0.947. The van der Waals surface area contributed by atoms with Crippen LogP contribution < -0.4 is 5.32 Å². The minimum atomic E-state index is -0.833. The van der Waals surface area contributed by atoms with Crippen molar-refractivity contribution < 1.29 is 14.7 Å². The van der Waals surface area contributed by atoms with Gasteiger partial charge in [0.15, 0.2) is 0 Å². The summed E-state index contributed by atoms with van der Waals surface area (Å²) in [7, 11) is 0. The van der Waals surface area contributed by atoms with Gasteiger partial charge in [0.2, 0.25) is 5.91 Å². The van der Waals surface area contributed by atoms with Gasteiger partial charge in [0, 0.05) is 12.5 Å². The summed E-state index contributed by atoms with van der Waals surface area (Å²) >= 11 is 0. The second kappa shape index (κ2) is 5.93. The minimum absolute atomic E-state index is 0.0153. The molecule has 19 heavy (non-hydrogen) atoms. The lowest BCUT2D eigenvalue weighted by atomic mass is 9.71. The van der Waals surface area contributed by atoms with Gasteiger partial charge in [-0.3, -0.25) is 9.59 Å². The Labute approximate surface area is 116 Å². The van der Waals surface area contributed by atoms with E-state index in [1.54, 1.807) is 0 Å². The van der Waals surface area contributed by atoms with Crippen LogP contribution in [0.1, 0.15) is 66.2 Å². The molecule has 0 radical (unpaired) electrons. The number of carbonyl (C=O) groups excluding carboxylic acids is 1. The lowest BCUT2D eigenvalue weighted by molar-refractivity contribution is -0.154. The maximum atomic E-state index is 12.1. The molecular weight excluding hydrogens is 242 g/mol. The van der Waals surface area contributed by atoms with Crippen molar-refractivity contribution in [3.05, 3.63) is 0 Å². The molecule has 0 aromatic rings. The lowest BCUT2D eigenvalue weighted by Gasteiger charge is -2.34. The molecule has 0 aromatic heterocycles. The monoisotopic (exact) mass is 269 g/mol. The van der Waals surface area contributed by atoms with Gasteiger partial charge in [-0.15, -0.1) is 0 Å². The van der Waals surface area contributed by atoms with E-state index in [-0.39, 0.29) is 23.8 Å². The summed E-state index contributed by atoms with van der Waals surface area (Å²) in [6, 6.07) is 0.0365. The van der Waals surface area contributed by atoms with E-state index in [1.807, 2.05) is 6.92 Å². The lowest BCUT2D eigenvalue weighted by Crippen LogP contribution is -2.45. The highest BCUT2D eigenvalue weighted by Crippen LogP contribution is 2.39. The molecule has 0 saturated heterocycles. The van der Waals surface area contributed by atoms with Crippen molar-refractivity contribution in [3.63, 3.8) is 0 Å². The number of carbonyl (C=O) groups is 2. The van der Waals surface area contributed by atoms with Gasteiger partial charge in [-0.05, 0) is 25.2 Å². The van der Waals surface area contributed by atoms with Crippen molar-refractivity contribution in [2.24, 2.45) is 10.8 Å². The molecule has 1 atom stereocenters. The SMILES string of the molecule is CC(NC(=O)CC1(C(=O)O)CCCCC1)C(C)(C)C. The second-order valence-electron chi connectivity index (χ2n) is 6.98. The zero-order valence-corrected chi connectivity index (χ0v) is 12.6. The van der Waals surface area contributed by atoms with Crippen LogP contribution in [0.15, 0.2) is 0 Å². The Bertz CT molecular complexity index is 338. The summed E-state index contributed by atoms with van der Waals surface area (Å²) in [6.45, 7) is 8.15. The molecule has 0 aliphatic heterocycles. The number of nitrogens with one attached hydrogen (secondary N) is 1. The Morgan fingerprint density at radius 1 is 1.21 bits per heavy atom. The van der Waals surface area contributed by atoms with Crippen LogP contribution in [-0.4, -0.2) is 23.0 Å². The van der Waals surface area contributed by atoms with Gasteiger partial charge in [0.1, 0.15) is 0 Å². The van der Waals surface area contributed by atoms with E-state index in [1.165, 1.54) is 0 Å². The summed E-state index contributed by atoms with van der Waals surface area (Å²) in [6.07, 6.45) is 4.26. The molecule has 2 N–H and O–H groups in total. The molecule has 1 amide bonds. The van der Waals surface area contributed by atoms with Crippen LogP contribution in [0.5, 0.6) is 0 Å². The normalized spacial score (nSPS) is 20.6. The summed E-state index contributed by atoms with van der Waals surface area (Å²) < 4.78 is 0. The van der Waals surface area contributed by atoms with Crippen LogP contribution in [-0.2, 0) is 9.59 Å². The van der Waals surface area contributed by atoms with Gasteiger partial charge < -0.3 is 10.4 Å². The van der Waals surface area contributed by atoms with Crippen molar-refractivity contribution in [3.8, 4) is 0 Å². The first-order valence-corrected chi connectivity index (χ1v) is 7.20. The smallest absolute Gasteiger partial charge is 0.310 e. The average molecular weight is 269 g/mol. The van der Waals surface area contributed by atoms with E-state index in [0.29, 0.717) is 12.8 Å². The number of hydrogen-bond donors (Lipinski definition) is 2. The Morgan fingerprint density at radius 2 is 1.74 bits per heavy atom. The first kappa shape index (κ1) is 16.0. The molecule has 110 valence electrons. The first-order valence-electron chi connectivity index (χ1n) is 7.20. The second-order valence-corrected chi connectivity index (χ2v) is 6.98. The predicted molar refractivity (Wildman–Crippen MR) is 74.8 cm³/mol. The molecule has 0 aromatic carbocycles. The van der Waals surface area contributed by atoms with Crippen LogP contribution in [0.4, 0.5) is 0 Å². The molecule has 0 heterocycles. The van der Waals surface area contributed by atoms with E-state index in [4.69, 9.17) is 0 Å². The molecule has 4 nitrogen and oxygen atoms in total. The van der Waals surface area contributed by atoms with Gasteiger partial charge in [0.25, 0.3) is 0 Å². The Morgan fingerprint density at radius 3 is 2.16 bits per heavy atom. The highest BCUT2D eigenvalue weighted by Gasteiger charge is 2.41. The standard InChI is InChI=1S/C15H27NO3/c1-11(14(2,3)4)16-12(17)10-15(13(18)19)8-6-5-7-9-15/h11H,5-10H2,1-4H3,(H,16,17)(H,18,19). The van der Waals surface area contributed by atoms with Crippen LogP contribution in [0, 0.1) is 10.8 Å². The van der Waals surface area contributed by atoms with Gasteiger partial charge in [-0.1, -0.05) is 40.0 Å². The fraction of sp³-hybridized carbons (Fsp3) is 0.867. The van der Waals surface area contributed by atoms with E-state index < -0.39 is 11.4 Å². The average Bonchev–Trinajstić information content (AvgIpc) is 2.28. The Balaban J connectivity index is 2.65. The quantitative estimate of drug-likeness (QED) is 0.824. The van der Waals surface area contributed by atoms with E-state index in [9.17, 15) is 14.7 Å². The van der Waals surface area contributed by atoms with Crippen LogP contribution in [0.25, 0.3) is 0 Å². The van der Waals surface area contributed by atoms with Crippen LogP contribution in [0.2, 0.25) is 0 Å². The molecule has 0 bridgehead atoms. The highest BCUT2D eigenvalue weighted by molar-refractivity contribution is 5.85. The van der Waals surface area contributed by atoms with Gasteiger partial charge in [-0.2, -0.15) is 0 Å². The van der Waals surface area contributed by atoms with Crippen molar-refractivity contribution in [2.75, 3.05) is 0 Å². The number of rotatable bonds is 4. The van der Waals surface area contributed by atoms with E-state index in [0.717, 1.165) is 19.3 Å². The summed E-state index contributed by atoms with van der Waals surface area (Å²) in [4.78, 5) is 23.6. The third-order valence-electron chi connectivity index (χ3n) is 4.44. The van der Waals surface area contributed by atoms with Crippen LogP contribution >= 0.6 is 0 Å². The predicted octanol–water partition coefficient (Wildman–Crippen LogP) is 2.96. The van der Waals surface area contributed by atoms with E-state index >= 15 is 0 Å². The largest absolute Gasteiger partial charge is 0.481 e. The number of amides is 1. The molecular formula is C15H27NO3. The third-order valence-corrected chi connectivity index (χ3v) is 4.44. The third kappa shape index (κ3) is 4.22. The molecule has 4 heteroatoms. The van der Waals surface area contributed by atoms with Gasteiger partial charge in [0.05, 0.1) is 5.41 Å².